The number of nitrogens with one attached hydrogen (secondary N) is 2. The minimum absolute atomic E-state index is 0.153. The van der Waals surface area contributed by atoms with Crippen LogP contribution in [-0.2, 0) is 4.74 Å². The maximum Gasteiger partial charge on any atom is 0.433 e. The molecule has 2 aromatic heterocycles. The summed E-state index contributed by atoms with van der Waals surface area (Å²) in [6.07, 6.45) is 2.61. The number of hydrogen-bond donors (Lipinski definition) is 2. The number of aromatic amines is 1. The van der Waals surface area contributed by atoms with E-state index in [1.807, 2.05) is 4.90 Å². The molecule has 0 radical (unpaired) electrons. The van der Waals surface area contributed by atoms with Crippen molar-refractivity contribution in [3.8, 4) is 0 Å². The van der Waals surface area contributed by atoms with Gasteiger partial charge in [0.2, 0.25) is 0 Å². The highest BCUT2D eigenvalue weighted by atomic mass is 16.6. The minimum Gasteiger partial charge on any atom is -0.400 e. The molecule has 0 saturated carbocycles. The number of furan rings is 1. The Morgan fingerprint density at radius 3 is 2.96 bits per heavy atom. The van der Waals surface area contributed by atoms with Crippen LogP contribution in [0.2, 0.25) is 0 Å². The van der Waals surface area contributed by atoms with Crippen molar-refractivity contribution in [2.24, 2.45) is 5.10 Å². The third-order valence-electron chi connectivity index (χ3n) is 3.31. The van der Waals surface area contributed by atoms with Crippen LogP contribution in [0.4, 0.5) is 11.7 Å². The van der Waals surface area contributed by atoms with Crippen LogP contribution in [0.5, 0.6) is 0 Å². The van der Waals surface area contributed by atoms with Gasteiger partial charge in [0.25, 0.3) is 5.91 Å². The molecule has 24 heavy (non-hydrogen) atoms. The summed E-state index contributed by atoms with van der Waals surface area (Å²) in [5, 5.41) is 14.2. The van der Waals surface area contributed by atoms with Crippen LogP contribution in [0.15, 0.2) is 28.0 Å². The Morgan fingerprint density at radius 1 is 1.46 bits per heavy atom. The van der Waals surface area contributed by atoms with Crippen molar-refractivity contribution < 1.29 is 18.9 Å². The molecule has 1 amide bonds. The highest BCUT2D eigenvalue weighted by Gasteiger charge is 2.21. The standard InChI is InChI=1S/C13H14N6O5/c20-13(17-16-7-9-1-2-10(24-9)19(21)22)11-12(15-8-14-11)18-3-5-23-6-4-18/h1-2,7-8H,3-6H2,(H,14,15)(H,17,20). The molecule has 11 nitrogen and oxygen atoms in total. The van der Waals surface area contributed by atoms with Crippen LogP contribution in [0.25, 0.3) is 0 Å². The summed E-state index contributed by atoms with van der Waals surface area (Å²) in [5.41, 5.74) is 2.60. The Morgan fingerprint density at radius 2 is 2.25 bits per heavy atom. The van der Waals surface area contributed by atoms with Crippen molar-refractivity contribution in [2.75, 3.05) is 31.2 Å². The van der Waals surface area contributed by atoms with E-state index in [1.165, 1.54) is 24.7 Å². The van der Waals surface area contributed by atoms with Crippen LogP contribution >= 0.6 is 0 Å². The molecule has 3 heterocycles. The second-order valence-corrected chi connectivity index (χ2v) is 4.83. The highest BCUT2D eigenvalue weighted by molar-refractivity contribution is 5.97. The number of aromatic nitrogens is 2. The van der Waals surface area contributed by atoms with Crippen molar-refractivity contribution in [1.82, 2.24) is 15.4 Å². The lowest BCUT2D eigenvalue weighted by Gasteiger charge is -2.27. The van der Waals surface area contributed by atoms with Gasteiger partial charge in [0.15, 0.2) is 17.3 Å². The zero-order valence-electron chi connectivity index (χ0n) is 12.5. The SMILES string of the molecule is O=C(NN=Cc1ccc([N+](=O)[O-])o1)c1[nH]cnc1N1CCOCC1. The third kappa shape index (κ3) is 3.41. The van der Waals surface area contributed by atoms with Crippen LogP contribution in [0.1, 0.15) is 16.2 Å². The quantitative estimate of drug-likeness (QED) is 0.461. The lowest BCUT2D eigenvalue weighted by molar-refractivity contribution is -0.402. The maximum atomic E-state index is 12.2. The Hall–Kier alpha value is -3.21. The van der Waals surface area contributed by atoms with Crippen LogP contribution in [0, 0.1) is 10.1 Å². The van der Waals surface area contributed by atoms with Crippen molar-refractivity contribution in [3.05, 3.63) is 40.0 Å². The number of morpholine rings is 1. The molecular formula is C13H14N6O5. The van der Waals surface area contributed by atoms with E-state index < -0.39 is 16.7 Å². The van der Waals surface area contributed by atoms with E-state index in [-0.39, 0.29) is 11.5 Å². The summed E-state index contributed by atoms with van der Waals surface area (Å²) < 4.78 is 10.2. The van der Waals surface area contributed by atoms with E-state index in [9.17, 15) is 14.9 Å². The number of hydrogen-bond acceptors (Lipinski definition) is 8. The van der Waals surface area contributed by atoms with Gasteiger partial charge >= 0.3 is 5.88 Å². The molecule has 3 rings (SSSR count). The van der Waals surface area contributed by atoms with Gasteiger partial charge in [-0.2, -0.15) is 5.10 Å². The first-order valence-electron chi connectivity index (χ1n) is 7.09. The fraction of sp³-hybridized carbons (Fsp3) is 0.308. The van der Waals surface area contributed by atoms with Crippen LogP contribution in [0.3, 0.4) is 0 Å². The summed E-state index contributed by atoms with van der Waals surface area (Å²) in [4.78, 5) is 30.9. The Balaban J connectivity index is 1.63. The number of carbonyl (C=O) groups excluding carboxylic acids is 1. The number of amides is 1. The zero-order valence-corrected chi connectivity index (χ0v) is 12.5. The number of carbonyl (C=O) groups is 1. The summed E-state index contributed by atoms with van der Waals surface area (Å²) in [7, 11) is 0. The summed E-state index contributed by atoms with van der Waals surface area (Å²) in [5.74, 6) is -0.197. The average Bonchev–Trinajstić information content (AvgIpc) is 3.25. The van der Waals surface area contributed by atoms with Gasteiger partial charge in [-0.05, 0) is 6.07 Å². The summed E-state index contributed by atoms with van der Waals surface area (Å²) in [6.45, 7) is 2.43. The first-order valence-corrected chi connectivity index (χ1v) is 7.09. The number of rotatable bonds is 5. The van der Waals surface area contributed by atoms with Crippen molar-refractivity contribution in [2.45, 2.75) is 0 Å². The molecule has 1 aliphatic rings. The van der Waals surface area contributed by atoms with E-state index in [0.29, 0.717) is 32.1 Å². The largest absolute Gasteiger partial charge is 0.433 e. The van der Waals surface area contributed by atoms with E-state index in [4.69, 9.17) is 9.15 Å². The van der Waals surface area contributed by atoms with E-state index in [1.54, 1.807) is 0 Å². The van der Waals surface area contributed by atoms with E-state index >= 15 is 0 Å². The van der Waals surface area contributed by atoms with E-state index in [0.717, 1.165) is 0 Å². The molecule has 2 aromatic rings. The fourth-order valence-corrected chi connectivity index (χ4v) is 2.19. The number of imidazole rings is 1. The molecule has 126 valence electrons. The number of nitrogens with zero attached hydrogens (tertiary/aromatic N) is 4. The average molecular weight is 334 g/mol. The van der Waals surface area contributed by atoms with Crippen molar-refractivity contribution in [1.29, 1.82) is 0 Å². The molecule has 0 spiro atoms. The molecule has 0 aliphatic carbocycles. The maximum absolute atomic E-state index is 12.2. The van der Waals surface area contributed by atoms with Gasteiger partial charge in [0, 0.05) is 13.1 Å². The van der Waals surface area contributed by atoms with Gasteiger partial charge in [-0.1, -0.05) is 0 Å². The van der Waals surface area contributed by atoms with Crippen LogP contribution in [-0.4, -0.2) is 53.3 Å². The second kappa shape index (κ2) is 6.91. The summed E-state index contributed by atoms with van der Waals surface area (Å²) in [6, 6.07) is 2.58. The van der Waals surface area contributed by atoms with Crippen LogP contribution < -0.4 is 10.3 Å². The van der Waals surface area contributed by atoms with Crippen molar-refractivity contribution in [3.63, 3.8) is 0 Å². The first kappa shape index (κ1) is 15.7. The Bertz CT molecular complexity index is 761. The van der Waals surface area contributed by atoms with Gasteiger partial charge in [-0.3, -0.25) is 14.9 Å². The molecule has 11 heteroatoms. The second-order valence-electron chi connectivity index (χ2n) is 4.83. The van der Waals surface area contributed by atoms with Gasteiger partial charge in [0.05, 0.1) is 31.8 Å². The topological polar surface area (TPSA) is 139 Å². The predicted molar refractivity (Wildman–Crippen MR) is 82.0 cm³/mol. The van der Waals surface area contributed by atoms with Gasteiger partial charge in [-0.25, -0.2) is 10.4 Å². The molecule has 2 N–H and O–H groups in total. The predicted octanol–water partition coefficient (Wildman–Crippen LogP) is 0.511. The third-order valence-corrected chi connectivity index (χ3v) is 3.31. The Kier molecular flexibility index (Phi) is 4.52. The molecule has 1 aliphatic heterocycles. The minimum atomic E-state index is -0.658. The smallest absolute Gasteiger partial charge is 0.400 e. The first-order chi connectivity index (χ1) is 11.6. The molecule has 1 fully saturated rings. The molecule has 0 atom stereocenters. The number of nitro groups is 1. The molecule has 1 saturated heterocycles. The van der Waals surface area contributed by atoms with Gasteiger partial charge in [0.1, 0.15) is 4.92 Å². The number of ether oxygens (including phenoxy) is 1. The number of anilines is 1. The molecular weight excluding hydrogens is 320 g/mol. The highest BCUT2D eigenvalue weighted by Crippen LogP contribution is 2.17. The monoisotopic (exact) mass is 334 g/mol. The van der Waals surface area contributed by atoms with Gasteiger partial charge in [-0.15, -0.1) is 0 Å². The van der Waals surface area contributed by atoms with E-state index in [2.05, 4.69) is 20.5 Å². The van der Waals surface area contributed by atoms with Gasteiger partial charge < -0.3 is 19.0 Å². The normalized spacial score (nSPS) is 14.9. The molecule has 0 bridgehead atoms. The van der Waals surface area contributed by atoms with Crippen molar-refractivity contribution >= 4 is 23.8 Å². The number of H-pyrrole nitrogens is 1. The summed E-state index contributed by atoms with van der Waals surface area (Å²) >= 11 is 0. The zero-order chi connectivity index (χ0) is 16.9. The lowest BCUT2D eigenvalue weighted by Crippen LogP contribution is -2.37. The Labute approximate surface area is 135 Å². The molecule has 0 unspecified atom stereocenters. The lowest BCUT2D eigenvalue weighted by atomic mass is 10.3. The number of hydrazone groups is 1. The fourth-order valence-electron chi connectivity index (χ4n) is 2.19. The molecule has 0 aromatic carbocycles.